The van der Waals surface area contributed by atoms with Crippen LogP contribution in [0.2, 0.25) is 0 Å². The van der Waals surface area contributed by atoms with Gasteiger partial charge in [-0.15, -0.1) is 0 Å². The second kappa shape index (κ2) is 10.4. The van der Waals surface area contributed by atoms with E-state index < -0.39 is 5.41 Å². The van der Waals surface area contributed by atoms with Gasteiger partial charge in [-0.2, -0.15) is 0 Å². The fraction of sp³-hybridized carbons (Fsp3) is 0.393. The van der Waals surface area contributed by atoms with Crippen LogP contribution < -0.4 is 9.47 Å². The number of ether oxygens (including phenoxy) is 3. The van der Waals surface area contributed by atoms with Crippen LogP contribution in [-0.2, 0) is 14.9 Å². The van der Waals surface area contributed by atoms with E-state index in [-0.39, 0.29) is 11.8 Å². The number of amides is 1. The Morgan fingerprint density at radius 1 is 1.03 bits per heavy atom. The lowest BCUT2D eigenvalue weighted by atomic mass is 9.72. The highest BCUT2D eigenvalue weighted by Crippen LogP contribution is 2.39. The van der Waals surface area contributed by atoms with Crippen molar-refractivity contribution in [3.8, 4) is 17.4 Å². The van der Waals surface area contributed by atoms with Crippen molar-refractivity contribution in [1.29, 1.82) is 0 Å². The van der Waals surface area contributed by atoms with Gasteiger partial charge in [0.25, 0.3) is 0 Å². The Bertz CT molecular complexity index is 1150. The lowest BCUT2D eigenvalue weighted by Gasteiger charge is -2.42. The van der Waals surface area contributed by atoms with E-state index in [4.69, 9.17) is 19.2 Å². The number of carbonyl (C=O) groups is 1. The van der Waals surface area contributed by atoms with Crippen molar-refractivity contribution >= 4 is 5.91 Å². The maximum Gasteiger partial charge on any atom is 0.238 e. The van der Waals surface area contributed by atoms with Gasteiger partial charge in [-0.05, 0) is 43.4 Å². The van der Waals surface area contributed by atoms with Crippen LogP contribution in [0.4, 0.5) is 0 Å². The van der Waals surface area contributed by atoms with Gasteiger partial charge in [0.05, 0.1) is 24.4 Å². The summed E-state index contributed by atoms with van der Waals surface area (Å²) in [6, 6.07) is 17.6. The number of rotatable bonds is 6. The first kappa shape index (κ1) is 23.3. The highest BCUT2D eigenvalue weighted by molar-refractivity contribution is 5.88. The molecular formula is C28H31N3O4. The second-order valence-electron chi connectivity index (χ2n) is 9.19. The molecule has 0 spiro atoms. The molecule has 35 heavy (non-hydrogen) atoms. The predicted octanol–water partition coefficient (Wildman–Crippen LogP) is 4.73. The molecule has 0 aliphatic carbocycles. The maximum absolute atomic E-state index is 14.0. The summed E-state index contributed by atoms with van der Waals surface area (Å²) >= 11 is 0. The summed E-state index contributed by atoms with van der Waals surface area (Å²) in [6.07, 6.45) is 6.69. The summed E-state index contributed by atoms with van der Waals surface area (Å²) in [5.41, 5.74) is 1.40. The van der Waals surface area contributed by atoms with Crippen LogP contribution in [0, 0.1) is 0 Å². The van der Waals surface area contributed by atoms with Crippen LogP contribution in [0.25, 0.3) is 0 Å². The first-order valence-electron chi connectivity index (χ1n) is 12.2. The normalized spacial score (nSPS) is 19.7. The Kier molecular flexibility index (Phi) is 6.95. The van der Waals surface area contributed by atoms with Crippen LogP contribution >= 0.6 is 0 Å². The van der Waals surface area contributed by atoms with E-state index in [1.165, 1.54) is 0 Å². The third-order valence-corrected chi connectivity index (χ3v) is 7.12. The molecule has 3 aromatic rings. The molecule has 1 amide bonds. The van der Waals surface area contributed by atoms with Crippen LogP contribution in [0.1, 0.15) is 42.9 Å². The van der Waals surface area contributed by atoms with Gasteiger partial charge in [0.15, 0.2) is 11.5 Å². The molecule has 3 heterocycles. The molecule has 1 atom stereocenters. The lowest BCUT2D eigenvalue weighted by molar-refractivity contribution is -0.142. The molecule has 0 N–H and O–H groups in total. The summed E-state index contributed by atoms with van der Waals surface area (Å²) in [5, 5.41) is 0. The molecule has 2 aliphatic heterocycles. The quantitative estimate of drug-likeness (QED) is 0.515. The van der Waals surface area contributed by atoms with Gasteiger partial charge in [-0.1, -0.05) is 42.5 Å². The maximum atomic E-state index is 14.0. The van der Waals surface area contributed by atoms with E-state index in [1.807, 2.05) is 47.4 Å². The number of carbonyl (C=O) groups excluding carboxylic acids is 1. The van der Waals surface area contributed by atoms with Gasteiger partial charge in [0.1, 0.15) is 0 Å². The molecular weight excluding hydrogens is 442 g/mol. The smallest absolute Gasteiger partial charge is 0.238 e. The topological polar surface area (TPSA) is 73.8 Å². The number of nitrogens with zero attached hydrogens (tertiary/aromatic N) is 3. The minimum atomic E-state index is -0.526. The fourth-order valence-electron chi connectivity index (χ4n) is 5.23. The molecule has 0 radical (unpaired) electrons. The van der Waals surface area contributed by atoms with Crippen molar-refractivity contribution in [2.24, 2.45) is 0 Å². The zero-order valence-corrected chi connectivity index (χ0v) is 20.1. The number of benzene rings is 2. The Morgan fingerprint density at radius 2 is 1.77 bits per heavy atom. The average molecular weight is 474 g/mol. The van der Waals surface area contributed by atoms with Gasteiger partial charge in [-0.25, -0.2) is 4.98 Å². The summed E-state index contributed by atoms with van der Waals surface area (Å²) in [4.78, 5) is 25.2. The number of likely N-dealkylation sites (tertiary alicyclic amines) is 1. The summed E-state index contributed by atoms with van der Waals surface area (Å²) < 4.78 is 17.0. The van der Waals surface area contributed by atoms with Crippen molar-refractivity contribution in [1.82, 2.24) is 14.9 Å². The zero-order valence-electron chi connectivity index (χ0n) is 20.1. The van der Waals surface area contributed by atoms with E-state index in [9.17, 15) is 4.79 Å². The highest BCUT2D eigenvalue weighted by atomic mass is 16.5. The number of piperidine rings is 1. The van der Waals surface area contributed by atoms with E-state index >= 15 is 0 Å². The van der Waals surface area contributed by atoms with Gasteiger partial charge < -0.3 is 19.1 Å². The number of hydrogen-bond acceptors (Lipinski definition) is 6. The molecule has 0 unspecified atom stereocenters. The standard InChI is InChI=1S/C28H31N3O4/c1-33-24-11-5-6-12-25(24)35-26-19-29-18-23(30-26)21-8-7-15-31(20-21)27(32)28(13-16-34-17-14-28)22-9-3-2-4-10-22/h2-6,9-12,18-19,21H,7-8,13-17,20H2,1H3/t21-/m1/s1. The molecule has 2 fully saturated rings. The van der Waals surface area contributed by atoms with Crippen LogP contribution in [0.5, 0.6) is 17.4 Å². The first-order chi connectivity index (χ1) is 17.2. The average Bonchev–Trinajstić information content (AvgIpc) is 2.94. The molecule has 2 saturated heterocycles. The molecule has 2 aliphatic rings. The number of methoxy groups -OCH3 is 1. The number of para-hydroxylation sites is 2. The van der Waals surface area contributed by atoms with E-state index in [1.54, 1.807) is 19.5 Å². The van der Waals surface area contributed by atoms with Gasteiger partial charge in [0.2, 0.25) is 11.8 Å². The van der Waals surface area contributed by atoms with Gasteiger partial charge in [-0.3, -0.25) is 9.78 Å². The summed E-state index contributed by atoms with van der Waals surface area (Å²) in [5.74, 6) is 1.95. The van der Waals surface area contributed by atoms with Gasteiger partial charge >= 0.3 is 0 Å². The second-order valence-corrected chi connectivity index (χ2v) is 9.19. The molecule has 7 nitrogen and oxygen atoms in total. The van der Waals surface area contributed by atoms with Crippen LogP contribution in [-0.4, -0.2) is 54.2 Å². The molecule has 5 rings (SSSR count). The Balaban J connectivity index is 1.35. The molecule has 0 bridgehead atoms. The highest BCUT2D eigenvalue weighted by Gasteiger charge is 2.45. The SMILES string of the molecule is COc1ccccc1Oc1cncc([C@@H]2CCCN(C(=O)C3(c4ccccc4)CCOCC3)C2)n1. The van der Waals surface area contributed by atoms with Crippen molar-refractivity contribution in [2.45, 2.75) is 37.0 Å². The minimum Gasteiger partial charge on any atom is -0.493 e. The van der Waals surface area contributed by atoms with Crippen molar-refractivity contribution in [2.75, 3.05) is 33.4 Å². The van der Waals surface area contributed by atoms with Crippen LogP contribution in [0.15, 0.2) is 67.0 Å². The Labute approximate surface area is 206 Å². The molecule has 2 aromatic carbocycles. The fourth-order valence-corrected chi connectivity index (χ4v) is 5.23. The largest absolute Gasteiger partial charge is 0.493 e. The molecule has 1 aromatic heterocycles. The Morgan fingerprint density at radius 3 is 2.54 bits per heavy atom. The number of aromatic nitrogens is 2. The van der Waals surface area contributed by atoms with Crippen molar-refractivity contribution in [3.63, 3.8) is 0 Å². The monoisotopic (exact) mass is 473 g/mol. The predicted molar refractivity (Wildman–Crippen MR) is 132 cm³/mol. The number of hydrogen-bond donors (Lipinski definition) is 0. The third-order valence-electron chi connectivity index (χ3n) is 7.12. The summed E-state index contributed by atoms with van der Waals surface area (Å²) in [7, 11) is 1.61. The van der Waals surface area contributed by atoms with E-state index in [0.717, 1.165) is 30.6 Å². The van der Waals surface area contributed by atoms with Crippen LogP contribution in [0.3, 0.4) is 0 Å². The Hall–Kier alpha value is -3.45. The van der Waals surface area contributed by atoms with E-state index in [0.29, 0.717) is 50.0 Å². The molecule has 0 saturated carbocycles. The third kappa shape index (κ3) is 4.86. The van der Waals surface area contributed by atoms with Gasteiger partial charge in [0, 0.05) is 38.4 Å². The van der Waals surface area contributed by atoms with E-state index in [2.05, 4.69) is 17.1 Å². The first-order valence-corrected chi connectivity index (χ1v) is 12.2. The zero-order chi connectivity index (χ0) is 24.1. The lowest BCUT2D eigenvalue weighted by Crippen LogP contribution is -2.52. The van der Waals surface area contributed by atoms with Crippen molar-refractivity contribution in [3.05, 3.63) is 78.2 Å². The molecule has 182 valence electrons. The van der Waals surface area contributed by atoms with Crippen molar-refractivity contribution < 1.29 is 19.0 Å². The summed E-state index contributed by atoms with van der Waals surface area (Å²) in [6.45, 7) is 2.59. The minimum absolute atomic E-state index is 0.106. The molecule has 7 heteroatoms.